The van der Waals surface area contributed by atoms with Gasteiger partial charge >= 0.3 is 0 Å². The van der Waals surface area contributed by atoms with Gasteiger partial charge in [0.15, 0.2) is 6.10 Å². The van der Waals surface area contributed by atoms with Crippen LogP contribution < -0.4 is 5.32 Å². The monoisotopic (exact) mass is 339 g/mol. The van der Waals surface area contributed by atoms with Gasteiger partial charge in [0.1, 0.15) is 0 Å². The van der Waals surface area contributed by atoms with E-state index in [4.69, 9.17) is 4.74 Å². The highest BCUT2D eigenvalue weighted by molar-refractivity contribution is 5.82. The van der Waals surface area contributed by atoms with Crippen LogP contribution in [0.1, 0.15) is 39.0 Å². The van der Waals surface area contributed by atoms with E-state index >= 15 is 0 Å². The molecule has 3 unspecified atom stereocenters. The summed E-state index contributed by atoms with van der Waals surface area (Å²) in [6, 6.07) is 0.284. The molecule has 3 atom stereocenters. The fourth-order valence-electron chi connectivity index (χ4n) is 3.45. The molecule has 7 heteroatoms. The van der Waals surface area contributed by atoms with Crippen LogP contribution in [-0.4, -0.2) is 83.8 Å². The van der Waals surface area contributed by atoms with Crippen LogP contribution >= 0.6 is 0 Å². The minimum absolute atomic E-state index is 0.0224. The molecule has 0 spiro atoms. The van der Waals surface area contributed by atoms with E-state index < -0.39 is 12.2 Å². The highest BCUT2D eigenvalue weighted by atomic mass is 16.5. The summed E-state index contributed by atoms with van der Waals surface area (Å²) >= 11 is 0. The van der Waals surface area contributed by atoms with Gasteiger partial charge in [0.2, 0.25) is 5.91 Å². The number of aliphatic hydroxyl groups excluding tert-OH is 1. The number of rotatable bonds is 5. The maximum atomic E-state index is 12.2. The van der Waals surface area contributed by atoms with Gasteiger partial charge in [-0.3, -0.25) is 14.5 Å². The van der Waals surface area contributed by atoms with Crippen molar-refractivity contribution in [3.63, 3.8) is 0 Å². The lowest BCUT2D eigenvalue weighted by molar-refractivity contribution is -0.158. The molecular formula is C17H29N3O4. The van der Waals surface area contributed by atoms with Crippen molar-refractivity contribution in [3.8, 4) is 0 Å². The summed E-state index contributed by atoms with van der Waals surface area (Å²) in [6.45, 7) is 5.87. The topological polar surface area (TPSA) is 82.1 Å². The Morgan fingerprint density at radius 2 is 1.83 bits per heavy atom. The maximum absolute atomic E-state index is 12.2. The fraction of sp³-hybridized carbons (Fsp3) is 0.882. The SMILES string of the molecule is CC(=O)N1CCN(CCC2CCC(O)C(C(=O)NC3CC3)O2)CC1. The van der Waals surface area contributed by atoms with Gasteiger partial charge in [-0.25, -0.2) is 0 Å². The summed E-state index contributed by atoms with van der Waals surface area (Å²) in [7, 11) is 0. The highest BCUT2D eigenvalue weighted by Crippen LogP contribution is 2.24. The van der Waals surface area contributed by atoms with Gasteiger partial charge in [0.25, 0.3) is 5.91 Å². The Hall–Kier alpha value is -1.18. The smallest absolute Gasteiger partial charge is 0.252 e. The third-order valence-electron chi connectivity index (χ3n) is 5.24. The van der Waals surface area contributed by atoms with Gasteiger partial charge in [0.05, 0.1) is 12.2 Å². The number of ether oxygens (including phenoxy) is 1. The van der Waals surface area contributed by atoms with Crippen LogP contribution in [0.15, 0.2) is 0 Å². The third kappa shape index (κ3) is 4.68. The van der Waals surface area contributed by atoms with Gasteiger partial charge in [-0.15, -0.1) is 0 Å². The lowest BCUT2D eigenvalue weighted by Gasteiger charge is -2.37. The molecule has 2 N–H and O–H groups in total. The first-order chi connectivity index (χ1) is 11.5. The number of hydrogen-bond acceptors (Lipinski definition) is 5. The van der Waals surface area contributed by atoms with Crippen molar-refractivity contribution in [3.05, 3.63) is 0 Å². The molecule has 1 aliphatic carbocycles. The van der Waals surface area contributed by atoms with Gasteiger partial charge in [-0.1, -0.05) is 0 Å². The van der Waals surface area contributed by atoms with Crippen LogP contribution in [0.5, 0.6) is 0 Å². The Labute approximate surface area is 143 Å². The predicted molar refractivity (Wildman–Crippen MR) is 88.4 cm³/mol. The van der Waals surface area contributed by atoms with Gasteiger partial charge in [-0.05, 0) is 32.1 Å². The van der Waals surface area contributed by atoms with Crippen molar-refractivity contribution in [1.29, 1.82) is 0 Å². The van der Waals surface area contributed by atoms with Crippen molar-refractivity contribution >= 4 is 11.8 Å². The van der Waals surface area contributed by atoms with Gasteiger partial charge in [0, 0.05) is 45.7 Å². The van der Waals surface area contributed by atoms with E-state index in [2.05, 4.69) is 10.2 Å². The molecule has 1 saturated carbocycles. The molecule has 7 nitrogen and oxygen atoms in total. The molecule has 0 bridgehead atoms. The number of carbonyl (C=O) groups excluding carboxylic acids is 2. The van der Waals surface area contributed by atoms with Crippen LogP contribution in [0.4, 0.5) is 0 Å². The first kappa shape index (κ1) is 17.6. The number of amides is 2. The first-order valence-corrected chi connectivity index (χ1v) is 9.14. The zero-order valence-electron chi connectivity index (χ0n) is 14.4. The number of hydrogen-bond donors (Lipinski definition) is 2. The van der Waals surface area contributed by atoms with E-state index in [1.807, 2.05) is 4.90 Å². The minimum atomic E-state index is -0.723. The van der Waals surface area contributed by atoms with E-state index in [0.717, 1.165) is 58.4 Å². The highest BCUT2D eigenvalue weighted by Gasteiger charge is 2.37. The Kier molecular flexibility index (Phi) is 5.73. The van der Waals surface area contributed by atoms with Gasteiger partial charge < -0.3 is 20.1 Å². The number of piperazine rings is 1. The molecule has 24 heavy (non-hydrogen) atoms. The molecule has 0 radical (unpaired) electrons. The van der Waals surface area contributed by atoms with E-state index in [-0.39, 0.29) is 24.0 Å². The molecule has 3 aliphatic rings. The van der Waals surface area contributed by atoms with Crippen LogP contribution in [0.2, 0.25) is 0 Å². The molecule has 0 aromatic heterocycles. The molecule has 0 aromatic rings. The molecule has 2 heterocycles. The summed E-state index contributed by atoms with van der Waals surface area (Å²) < 4.78 is 5.89. The lowest BCUT2D eigenvalue weighted by Crippen LogP contribution is -2.51. The van der Waals surface area contributed by atoms with Crippen molar-refractivity contribution < 1.29 is 19.4 Å². The maximum Gasteiger partial charge on any atom is 0.252 e. The van der Waals surface area contributed by atoms with Crippen LogP contribution in [-0.2, 0) is 14.3 Å². The molecule has 2 amide bonds. The van der Waals surface area contributed by atoms with Crippen LogP contribution in [0.25, 0.3) is 0 Å². The van der Waals surface area contributed by atoms with Crippen molar-refractivity contribution in [2.45, 2.75) is 63.4 Å². The molecule has 136 valence electrons. The van der Waals surface area contributed by atoms with Crippen molar-refractivity contribution in [2.24, 2.45) is 0 Å². The summed E-state index contributed by atoms with van der Waals surface area (Å²) in [6.07, 6.45) is 2.94. The molecule has 2 saturated heterocycles. The van der Waals surface area contributed by atoms with Crippen LogP contribution in [0, 0.1) is 0 Å². The second-order valence-corrected chi connectivity index (χ2v) is 7.24. The number of carbonyl (C=O) groups is 2. The molecule has 3 fully saturated rings. The summed E-state index contributed by atoms with van der Waals surface area (Å²) in [5, 5.41) is 13.0. The van der Waals surface area contributed by atoms with E-state index in [0.29, 0.717) is 6.42 Å². The Morgan fingerprint density at radius 3 is 2.46 bits per heavy atom. The number of aliphatic hydroxyl groups is 1. The molecule has 2 aliphatic heterocycles. The largest absolute Gasteiger partial charge is 0.390 e. The zero-order valence-corrected chi connectivity index (χ0v) is 14.4. The van der Waals surface area contributed by atoms with Crippen LogP contribution in [0.3, 0.4) is 0 Å². The average Bonchev–Trinajstić information content (AvgIpc) is 3.38. The van der Waals surface area contributed by atoms with Crippen molar-refractivity contribution in [2.75, 3.05) is 32.7 Å². The molecular weight excluding hydrogens is 310 g/mol. The Balaban J connectivity index is 1.40. The zero-order chi connectivity index (χ0) is 17.1. The second-order valence-electron chi connectivity index (χ2n) is 7.24. The molecule has 0 aromatic carbocycles. The van der Waals surface area contributed by atoms with Gasteiger partial charge in [-0.2, -0.15) is 0 Å². The lowest BCUT2D eigenvalue weighted by atomic mass is 9.98. The minimum Gasteiger partial charge on any atom is -0.390 e. The predicted octanol–water partition coefficient (Wildman–Crippen LogP) is -0.272. The normalized spacial score (nSPS) is 31.8. The summed E-state index contributed by atoms with van der Waals surface area (Å²) in [4.78, 5) is 27.7. The van der Waals surface area contributed by atoms with Crippen molar-refractivity contribution in [1.82, 2.24) is 15.1 Å². The third-order valence-corrected chi connectivity index (χ3v) is 5.24. The average molecular weight is 339 g/mol. The fourth-order valence-corrected chi connectivity index (χ4v) is 3.45. The quantitative estimate of drug-likeness (QED) is 0.720. The standard InChI is InChI=1S/C17H29N3O4/c1-12(21)20-10-8-19(9-11-20)7-6-14-4-5-15(22)16(24-14)17(23)18-13-2-3-13/h13-16,22H,2-11H2,1H3,(H,18,23). The molecule has 3 rings (SSSR count). The Morgan fingerprint density at radius 1 is 1.12 bits per heavy atom. The summed E-state index contributed by atoms with van der Waals surface area (Å²) in [5.74, 6) is -0.0199. The van der Waals surface area contributed by atoms with E-state index in [1.54, 1.807) is 6.92 Å². The second kappa shape index (κ2) is 7.80. The van der Waals surface area contributed by atoms with E-state index in [1.165, 1.54) is 0 Å². The first-order valence-electron chi connectivity index (χ1n) is 9.14. The summed E-state index contributed by atoms with van der Waals surface area (Å²) in [5.41, 5.74) is 0. The number of nitrogens with one attached hydrogen (secondary N) is 1. The Bertz CT molecular complexity index is 461. The van der Waals surface area contributed by atoms with E-state index in [9.17, 15) is 14.7 Å². The number of nitrogens with zero attached hydrogens (tertiary/aromatic N) is 2.